The van der Waals surface area contributed by atoms with Crippen molar-refractivity contribution in [2.45, 2.75) is 20.0 Å². The second-order valence-corrected chi connectivity index (χ2v) is 4.32. The summed E-state index contributed by atoms with van der Waals surface area (Å²) >= 11 is 0. The lowest BCUT2D eigenvalue weighted by Crippen LogP contribution is -2.13. The summed E-state index contributed by atoms with van der Waals surface area (Å²) < 4.78 is 0. The molecule has 90 valence electrons. The monoisotopic (exact) mass is 228 g/mol. The highest BCUT2D eigenvalue weighted by molar-refractivity contribution is 5.49. The third-order valence-corrected chi connectivity index (χ3v) is 2.48. The van der Waals surface area contributed by atoms with Crippen molar-refractivity contribution in [1.29, 1.82) is 0 Å². The molecule has 0 amide bonds. The summed E-state index contributed by atoms with van der Waals surface area (Å²) in [6.07, 6.45) is 7.00. The van der Waals surface area contributed by atoms with E-state index in [0.717, 1.165) is 5.56 Å². The maximum atomic E-state index is 10.0. The van der Waals surface area contributed by atoms with Crippen LogP contribution in [0.1, 0.15) is 19.4 Å². The van der Waals surface area contributed by atoms with E-state index >= 15 is 0 Å². The highest BCUT2D eigenvalue weighted by atomic mass is 16.3. The van der Waals surface area contributed by atoms with Gasteiger partial charge in [0.2, 0.25) is 0 Å². The zero-order chi connectivity index (χ0) is 12.7. The first-order chi connectivity index (χ1) is 8.13. The molecule has 0 saturated heterocycles. The molecule has 0 radical (unpaired) electrons. The molecule has 0 spiro atoms. The van der Waals surface area contributed by atoms with Crippen molar-refractivity contribution in [2.75, 3.05) is 0 Å². The molecule has 0 saturated carbocycles. The van der Waals surface area contributed by atoms with Gasteiger partial charge in [0.1, 0.15) is 0 Å². The number of hydrogen-bond donors (Lipinski definition) is 1. The van der Waals surface area contributed by atoms with Crippen LogP contribution in [0.15, 0.2) is 60.7 Å². The molecule has 0 aliphatic heterocycles. The Labute approximate surface area is 104 Å². The number of aliphatic hydroxyl groups is 1. The van der Waals surface area contributed by atoms with E-state index in [0.29, 0.717) is 0 Å². The molecular weight excluding hydrogens is 208 g/mol. The second-order valence-electron chi connectivity index (χ2n) is 4.32. The van der Waals surface area contributed by atoms with Gasteiger partial charge in [-0.3, -0.25) is 0 Å². The first-order valence-electron chi connectivity index (χ1n) is 5.82. The molecule has 1 N–H and O–H groups in total. The zero-order valence-corrected chi connectivity index (χ0v) is 10.5. The van der Waals surface area contributed by atoms with Crippen LogP contribution >= 0.6 is 0 Å². The third-order valence-electron chi connectivity index (χ3n) is 2.48. The molecule has 1 heteroatoms. The van der Waals surface area contributed by atoms with Gasteiger partial charge in [0, 0.05) is 5.92 Å². The van der Waals surface area contributed by atoms with Gasteiger partial charge in [-0.2, -0.15) is 0 Å². The molecule has 0 unspecified atom stereocenters. The SMILES string of the molecule is C=C[C@@H](C=C(C)C)[C@@H](O)/C=C/c1ccccc1. The maximum Gasteiger partial charge on any atom is 0.0821 e. The summed E-state index contributed by atoms with van der Waals surface area (Å²) in [7, 11) is 0. The van der Waals surface area contributed by atoms with Gasteiger partial charge in [-0.15, -0.1) is 6.58 Å². The standard InChI is InChI=1S/C16H20O/c1-4-15(12-13(2)3)16(17)11-10-14-8-6-5-7-9-14/h4-12,15-17H,1H2,2-3H3/b11-10+/t15-,16-/m0/s1. The van der Waals surface area contributed by atoms with E-state index in [1.54, 1.807) is 12.2 Å². The van der Waals surface area contributed by atoms with E-state index in [1.807, 2.05) is 56.3 Å². The van der Waals surface area contributed by atoms with Crippen LogP contribution in [0.5, 0.6) is 0 Å². The second kappa shape index (κ2) is 6.87. The van der Waals surface area contributed by atoms with Gasteiger partial charge in [0.25, 0.3) is 0 Å². The van der Waals surface area contributed by atoms with Crippen molar-refractivity contribution < 1.29 is 5.11 Å². The van der Waals surface area contributed by atoms with E-state index in [2.05, 4.69) is 6.58 Å². The van der Waals surface area contributed by atoms with E-state index in [-0.39, 0.29) is 5.92 Å². The van der Waals surface area contributed by atoms with Gasteiger partial charge in [-0.05, 0) is 19.4 Å². The van der Waals surface area contributed by atoms with Crippen molar-refractivity contribution in [3.8, 4) is 0 Å². The van der Waals surface area contributed by atoms with E-state index < -0.39 is 6.10 Å². The minimum atomic E-state index is -0.525. The molecule has 0 aliphatic carbocycles. The van der Waals surface area contributed by atoms with Gasteiger partial charge in [-0.1, -0.05) is 60.2 Å². The highest BCUT2D eigenvalue weighted by Crippen LogP contribution is 2.13. The molecule has 0 fully saturated rings. The van der Waals surface area contributed by atoms with Crippen LogP contribution in [0, 0.1) is 5.92 Å². The Bertz CT molecular complexity index is 397. The Kier molecular flexibility index (Phi) is 5.44. The summed E-state index contributed by atoms with van der Waals surface area (Å²) in [5, 5.41) is 10.0. The molecule has 1 nitrogen and oxygen atoms in total. The average molecular weight is 228 g/mol. The smallest absolute Gasteiger partial charge is 0.0821 e. The Hall–Kier alpha value is -1.60. The van der Waals surface area contributed by atoms with E-state index in [4.69, 9.17) is 0 Å². The molecule has 1 aromatic rings. The van der Waals surface area contributed by atoms with Crippen molar-refractivity contribution in [1.82, 2.24) is 0 Å². The molecular formula is C16H20O. The molecule has 0 heterocycles. The quantitative estimate of drug-likeness (QED) is 0.759. The lowest BCUT2D eigenvalue weighted by molar-refractivity contribution is 0.197. The molecule has 0 aliphatic rings. The van der Waals surface area contributed by atoms with Gasteiger partial charge >= 0.3 is 0 Å². The number of benzene rings is 1. The fraction of sp³-hybridized carbons (Fsp3) is 0.250. The van der Waals surface area contributed by atoms with Crippen LogP contribution in [0.2, 0.25) is 0 Å². The van der Waals surface area contributed by atoms with Gasteiger partial charge in [-0.25, -0.2) is 0 Å². The van der Waals surface area contributed by atoms with Crippen molar-refractivity contribution in [2.24, 2.45) is 5.92 Å². The molecule has 1 aromatic carbocycles. The van der Waals surface area contributed by atoms with Crippen molar-refractivity contribution in [3.05, 3.63) is 66.3 Å². The lowest BCUT2D eigenvalue weighted by atomic mass is 9.99. The van der Waals surface area contributed by atoms with E-state index in [9.17, 15) is 5.11 Å². The first kappa shape index (κ1) is 13.5. The number of hydrogen-bond acceptors (Lipinski definition) is 1. The van der Waals surface area contributed by atoms with E-state index in [1.165, 1.54) is 5.57 Å². The summed E-state index contributed by atoms with van der Waals surface area (Å²) in [4.78, 5) is 0. The molecule has 0 bridgehead atoms. The average Bonchev–Trinajstić information content (AvgIpc) is 2.34. The topological polar surface area (TPSA) is 20.2 Å². The number of rotatable bonds is 5. The van der Waals surface area contributed by atoms with Gasteiger partial charge in [0.05, 0.1) is 6.10 Å². The minimum absolute atomic E-state index is 0.0278. The number of allylic oxidation sites excluding steroid dienone is 1. The maximum absolute atomic E-state index is 10.0. The normalized spacial score (nSPS) is 14.3. The van der Waals surface area contributed by atoms with Crippen LogP contribution in [0.4, 0.5) is 0 Å². The fourth-order valence-corrected chi connectivity index (χ4v) is 1.59. The predicted octanol–water partition coefficient (Wildman–Crippen LogP) is 3.83. The first-order valence-corrected chi connectivity index (χ1v) is 5.82. The Morgan fingerprint density at radius 3 is 2.41 bits per heavy atom. The molecule has 17 heavy (non-hydrogen) atoms. The Balaban J connectivity index is 2.71. The molecule has 2 atom stereocenters. The summed E-state index contributed by atoms with van der Waals surface area (Å²) in [6.45, 7) is 7.79. The minimum Gasteiger partial charge on any atom is -0.388 e. The van der Waals surface area contributed by atoms with Crippen molar-refractivity contribution in [3.63, 3.8) is 0 Å². The predicted molar refractivity (Wildman–Crippen MR) is 74.6 cm³/mol. The van der Waals surface area contributed by atoms with Crippen LogP contribution in [0.3, 0.4) is 0 Å². The fourth-order valence-electron chi connectivity index (χ4n) is 1.59. The highest BCUT2D eigenvalue weighted by Gasteiger charge is 2.09. The molecule has 1 rings (SSSR count). The third kappa shape index (κ3) is 4.83. The Morgan fingerprint density at radius 1 is 1.24 bits per heavy atom. The van der Waals surface area contributed by atoms with Crippen LogP contribution in [0.25, 0.3) is 6.08 Å². The molecule has 0 aromatic heterocycles. The summed E-state index contributed by atoms with van der Waals surface area (Å²) in [5.74, 6) is -0.0278. The lowest BCUT2D eigenvalue weighted by Gasteiger charge is -2.12. The van der Waals surface area contributed by atoms with Crippen LogP contribution in [-0.2, 0) is 0 Å². The zero-order valence-electron chi connectivity index (χ0n) is 10.5. The van der Waals surface area contributed by atoms with Gasteiger partial charge < -0.3 is 5.11 Å². The van der Waals surface area contributed by atoms with Crippen molar-refractivity contribution >= 4 is 6.08 Å². The summed E-state index contributed by atoms with van der Waals surface area (Å²) in [5.41, 5.74) is 2.27. The van der Waals surface area contributed by atoms with Gasteiger partial charge in [0.15, 0.2) is 0 Å². The largest absolute Gasteiger partial charge is 0.388 e. The number of aliphatic hydroxyl groups excluding tert-OH is 1. The van der Waals surface area contributed by atoms with Crippen LogP contribution in [-0.4, -0.2) is 11.2 Å². The summed E-state index contributed by atoms with van der Waals surface area (Å²) in [6, 6.07) is 9.95. The van der Waals surface area contributed by atoms with Crippen LogP contribution < -0.4 is 0 Å². The Morgan fingerprint density at radius 2 is 1.88 bits per heavy atom.